The number of hydrogen-bond donors (Lipinski definition) is 1. The molecule has 0 radical (unpaired) electrons. The fourth-order valence-corrected chi connectivity index (χ4v) is 5.41. The predicted octanol–water partition coefficient (Wildman–Crippen LogP) is 4.94. The Hall–Kier alpha value is -2.44. The van der Waals surface area contributed by atoms with E-state index in [2.05, 4.69) is 4.74 Å². The molecule has 0 aliphatic heterocycles. The van der Waals surface area contributed by atoms with E-state index < -0.39 is 34.2 Å². The molecule has 188 valence electrons. The van der Waals surface area contributed by atoms with Crippen molar-refractivity contribution in [1.82, 2.24) is 4.31 Å². The molecule has 0 bridgehead atoms. The maximum Gasteiger partial charge on any atom is 0.573 e. The number of nitrogens with zero attached hydrogens (tertiary/aromatic N) is 1. The van der Waals surface area contributed by atoms with Gasteiger partial charge in [0.05, 0.1) is 17.2 Å². The Bertz CT molecular complexity index is 1080. The minimum Gasteiger partial charge on any atom is -0.489 e. The summed E-state index contributed by atoms with van der Waals surface area (Å²) in [5.74, 6) is -0.985. The van der Waals surface area contributed by atoms with Crippen LogP contribution in [0.25, 0.3) is 0 Å². The van der Waals surface area contributed by atoms with Crippen molar-refractivity contribution in [3.8, 4) is 11.5 Å². The standard InChI is InChI=1S/C22H26F3NO6S2/c1-4-11-26(34(29,30)19-8-5-17(6-9-19)32-22(23,24)25)13-16(3)31-18-7-10-20(15(2)12-18)33-14-21(27)28/h5-10,12,16H,4,11,13-14H2,1-3H3,(H,27,28). The largest absolute Gasteiger partial charge is 0.573 e. The Labute approximate surface area is 200 Å². The summed E-state index contributed by atoms with van der Waals surface area (Å²) in [5, 5.41) is 8.82. The summed E-state index contributed by atoms with van der Waals surface area (Å²) in [5.41, 5.74) is 0.829. The van der Waals surface area contributed by atoms with Gasteiger partial charge in [-0.15, -0.1) is 24.9 Å². The van der Waals surface area contributed by atoms with Crippen molar-refractivity contribution in [1.29, 1.82) is 0 Å². The minimum absolute atomic E-state index is 0.0194. The van der Waals surface area contributed by atoms with E-state index in [0.717, 1.165) is 34.7 Å². The number of sulfonamides is 1. The van der Waals surface area contributed by atoms with Crippen LogP contribution in [0.15, 0.2) is 52.3 Å². The van der Waals surface area contributed by atoms with Gasteiger partial charge >= 0.3 is 12.3 Å². The minimum atomic E-state index is -4.87. The van der Waals surface area contributed by atoms with Gasteiger partial charge in [0.25, 0.3) is 0 Å². The zero-order chi connectivity index (χ0) is 25.5. The molecular weight excluding hydrogens is 495 g/mol. The van der Waals surface area contributed by atoms with E-state index >= 15 is 0 Å². The van der Waals surface area contributed by atoms with Gasteiger partial charge in [0.2, 0.25) is 10.0 Å². The van der Waals surface area contributed by atoms with Gasteiger partial charge < -0.3 is 14.6 Å². The Kier molecular flexibility index (Phi) is 9.65. The second-order valence-electron chi connectivity index (χ2n) is 7.42. The molecule has 0 aliphatic rings. The van der Waals surface area contributed by atoms with E-state index in [1.807, 2.05) is 13.8 Å². The van der Waals surface area contributed by atoms with Gasteiger partial charge in [0.1, 0.15) is 17.6 Å². The third kappa shape index (κ3) is 8.41. The number of rotatable bonds is 12. The highest BCUT2D eigenvalue weighted by Crippen LogP contribution is 2.28. The molecule has 0 amide bonds. The summed E-state index contributed by atoms with van der Waals surface area (Å²) in [7, 11) is -3.98. The van der Waals surface area contributed by atoms with Gasteiger partial charge in [-0.05, 0) is 68.3 Å². The summed E-state index contributed by atoms with van der Waals surface area (Å²) in [6.07, 6.45) is -4.88. The Morgan fingerprint density at radius 3 is 2.29 bits per heavy atom. The highest BCUT2D eigenvalue weighted by Gasteiger charge is 2.31. The second-order valence-corrected chi connectivity index (χ2v) is 10.4. The number of ether oxygens (including phenoxy) is 2. The van der Waals surface area contributed by atoms with Crippen molar-refractivity contribution in [2.45, 2.75) is 49.4 Å². The lowest BCUT2D eigenvalue weighted by Gasteiger charge is -2.26. The lowest BCUT2D eigenvalue weighted by Crippen LogP contribution is -2.39. The molecule has 0 saturated heterocycles. The average molecular weight is 522 g/mol. The first-order valence-corrected chi connectivity index (χ1v) is 12.7. The fraction of sp³-hybridized carbons (Fsp3) is 0.409. The van der Waals surface area contributed by atoms with Gasteiger partial charge in [-0.3, -0.25) is 4.79 Å². The van der Waals surface area contributed by atoms with E-state index in [4.69, 9.17) is 9.84 Å². The summed E-state index contributed by atoms with van der Waals surface area (Å²) in [6, 6.07) is 9.23. The number of hydrogen-bond acceptors (Lipinski definition) is 6. The van der Waals surface area contributed by atoms with Crippen molar-refractivity contribution in [3.05, 3.63) is 48.0 Å². The van der Waals surface area contributed by atoms with Crippen molar-refractivity contribution in [3.63, 3.8) is 0 Å². The maximum absolute atomic E-state index is 13.1. The second kappa shape index (κ2) is 11.8. The molecule has 0 aliphatic carbocycles. The van der Waals surface area contributed by atoms with E-state index in [1.54, 1.807) is 25.1 Å². The molecule has 0 saturated carbocycles. The van der Waals surface area contributed by atoms with Crippen LogP contribution in [0.4, 0.5) is 13.2 Å². The molecule has 0 heterocycles. The normalized spacial score (nSPS) is 13.0. The van der Waals surface area contributed by atoms with Crippen LogP contribution < -0.4 is 9.47 Å². The lowest BCUT2D eigenvalue weighted by atomic mass is 10.2. The van der Waals surface area contributed by atoms with Crippen LogP contribution in [0.1, 0.15) is 25.8 Å². The number of benzene rings is 2. The third-order valence-corrected chi connectivity index (χ3v) is 7.50. The molecule has 1 atom stereocenters. The molecule has 0 aromatic heterocycles. The van der Waals surface area contributed by atoms with Gasteiger partial charge in [-0.1, -0.05) is 6.92 Å². The number of carbonyl (C=O) groups is 1. The van der Waals surface area contributed by atoms with Gasteiger partial charge in [-0.2, -0.15) is 4.31 Å². The molecule has 0 spiro atoms. The number of aryl methyl sites for hydroxylation is 1. The fourth-order valence-electron chi connectivity index (χ4n) is 3.07. The van der Waals surface area contributed by atoms with Crippen LogP contribution in [0, 0.1) is 6.92 Å². The Morgan fingerprint density at radius 1 is 1.15 bits per heavy atom. The zero-order valence-corrected chi connectivity index (χ0v) is 20.5. The van der Waals surface area contributed by atoms with Crippen LogP contribution in [-0.4, -0.2) is 55.1 Å². The summed E-state index contributed by atoms with van der Waals surface area (Å²) >= 11 is 1.19. The third-order valence-electron chi connectivity index (χ3n) is 4.46. The van der Waals surface area contributed by atoms with Crippen molar-refractivity contribution in [2.24, 2.45) is 0 Å². The molecule has 34 heavy (non-hydrogen) atoms. The predicted molar refractivity (Wildman–Crippen MR) is 122 cm³/mol. The maximum atomic E-state index is 13.1. The first-order valence-electron chi connectivity index (χ1n) is 10.3. The molecule has 7 nitrogen and oxygen atoms in total. The highest BCUT2D eigenvalue weighted by molar-refractivity contribution is 8.00. The average Bonchev–Trinajstić information content (AvgIpc) is 2.72. The van der Waals surface area contributed by atoms with Crippen LogP contribution in [-0.2, 0) is 14.8 Å². The Balaban J connectivity index is 2.11. The number of halogens is 3. The Morgan fingerprint density at radius 2 is 1.76 bits per heavy atom. The van der Waals surface area contributed by atoms with Crippen LogP contribution in [0.5, 0.6) is 11.5 Å². The van der Waals surface area contributed by atoms with Crippen LogP contribution in [0.2, 0.25) is 0 Å². The van der Waals surface area contributed by atoms with Crippen LogP contribution in [0.3, 0.4) is 0 Å². The molecule has 0 fully saturated rings. The molecule has 1 N–H and O–H groups in total. The molecule has 2 aromatic rings. The highest BCUT2D eigenvalue weighted by atomic mass is 32.2. The topological polar surface area (TPSA) is 93.1 Å². The van der Waals surface area contributed by atoms with Crippen molar-refractivity contribution < 1.29 is 41.0 Å². The summed E-state index contributed by atoms with van der Waals surface area (Å²) < 4.78 is 74.1. The van der Waals surface area contributed by atoms with Crippen LogP contribution >= 0.6 is 11.8 Å². The van der Waals surface area contributed by atoms with E-state index in [0.29, 0.717) is 12.2 Å². The van der Waals surface area contributed by atoms with Gasteiger partial charge in [0.15, 0.2) is 0 Å². The summed E-state index contributed by atoms with van der Waals surface area (Å²) in [6.45, 7) is 5.56. The molecule has 2 aromatic carbocycles. The summed E-state index contributed by atoms with van der Waals surface area (Å²) in [4.78, 5) is 11.4. The number of carboxylic acid groups (broad SMARTS) is 1. The van der Waals surface area contributed by atoms with E-state index in [1.165, 1.54) is 16.1 Å². The monoisotopic (exact) mass is 521 g/mol. The molecular formula is C22H26F3NO6S2. The van der Waals surface area contributed by atoms with Crippen molar-refractivity contribution in [2.75, 3.05) is 18.8 Å². The first-order chi connectivity index (χ1) is 15.8. The number of thioether (sulfide) groups is 1. The molecule has 2 rings (SSSR count). The number of aliphatic carboxylic acids is 1. The van der Waals surface area contributed by atoms with Gasteiger partial charge in [0, 0.05) is 11.4 Å². The van der Waals surface area contributed by atoms with Gasteiger partial charge in [-0.25, -0.2) is 8.42 Å². The van der Waals surface area contributed by atoms with Crippen molar-refractivity contribution >= 4 is 27.8 Å². The first kappa shape index (κ1) is 27.8. The zero-order valence-electron chi connectivity index (χ0n) is 18.8. The molecule has 1 unspecified atom stereocenters. The van der Waals surface area contributed by atoms with E-state index in [9.17, 15) is 26.4 Å². The number of carboxylic acids is 1. The van der Waals surface area contributed by atoms with E-state index in [-0.39, 0.29) is 23.7 Å². The number of alkyl halides is 3. The smallest absolute Gasteiger partial charge is 0.489 e. The quantitative estimate of drug-likeness (QED) is 0.396. The molecule has 12 heteroatoms. The lowest BCUT2D eigenvalue weighted by molar-refractivity contribution is -0.274. The SMILES string of the molecule is CCCN(CC(C)Oc1ccc(SCC(=O)O)c(C)c1)S(=O)(=O)c1ccc(OC(F)(F)F)cc1.